The van der Waals surface area contributed by atoms with E-state index in [9.17, 15) is 13.2 Å². The smallest absolute Gasteiger partial charge is 0.226 e. The van der Waals surface area contributed by atoms with Crippen LogP contribution < -0.4 is 4.72 Å². The van der Waals surface area contributed by atoms with Crippen molar-refractivity contribution in [1.82, 2.24) is 19.4 Å². The van der Waals surface area contributed by atoms with E-state index >= 15 is 0 Å². The van der Waals surface area contributed by atoms with Gasteiger partial charge in [-0.25, -0.2) is 13.1 Å². The van der Waals surface area contributed by atoms with Gasteiger partial charge in [0.1, 0.15) is 0 Å². The highest BCUT2D eigenvalue weighted by Gasteiger charge is 2.30. The van der Waals surface area contributed by atoms with E-state index in [1.165, 1.54) is 0 Å². The maximum atomic E-state index is 12.9. The van der Waals surface area contributed by atoms with E-state index in [1.54, 1.807) is 6.20 Å². The van der Waals surface area contributed by atoms with Crippen molar-refractivity contribution in [2.75, 3.05) is 32.6 Å². The van der Waals surface area contributed by atoms with Crippen molar-refractivity contribution in [2.45, 2.75) is 32.4 Å². The quantitative estimate of drug-likeness (QED) is 0.800. The highest BCUT2D eigenvalue weighted by molar-refractivity contribution is 7.88. The second kappa shape index (κ2) is 7.84. The zero-order chi connectivity index (χ0) is 17.9. The number of ether oxygens (including phenoxy) is 1. The largest absolute Gasteiger partial charge is 0.381 e. The maximum absolute atomic E-state index is 12.9. The zero-order valence-electron chi connectivity index (χ0n) is 14.6. The Morgan fingerprint density at radius 1 is 1.36 bits per heavy atom. The fourth-order valence-corrected chi connectivity index (χ4v) is 4.02. The van der Waals surface area contributed by atoms with Gasteiger partial charge in [-0.1, -0.05) is 0 Å². The Hall–Kier alpha value is -1.45. The van der Waals surface area contributed by atoms with Crippen LogP contribution in [0.4, 0.5) is 0 Å². The topological polar surface area (TPSA) is 93.5 Å². The van der Waals surface area contributed by atoms with Gasteiger partial charge in [0.2, 0.25) is 15.9 Å². The van der Waals surface area contributed by atoms with Crippen LogP contribution in [0.15, 0.2) is 12.3 Å². The molecule has 0 aliphatic carbocycles. The normalized spacial score (nSPS) is 22.4. The first-order valence-electron chi connectivity index (χ1n) is 8.74. The zero-order valence-corrected chi connectivity index (χ0v) is 15.4. The number of nitrogens with one attached hydrogen (secondary N) is 1. The van der Waals surface area contributed by atoms with Crippen LogP contribution in [-0.4, -0.2) is 61.6 Å². The van der Waals surface area contributed by atoms with E-state index in [4.69, 9.17) is 4.74 Å². The molecule has 9 heteroatoms. The van der Waals surface area contributed by atoms with Crippen LogP contribution in [-0.2, 0) is 32.6 Å². The number of sulfonamides is 1. The fourth-order valence-electron chi connectivity index (χ4n) is 3.53. The molecule has 140 valence electrons. The minimum Gasteiger partial charge on any atom is -0.381 e. The average molecular weight is 370 g/mol. The first-order valence-corrected chi connectivity index (χ1v) is 10.6. The molecule has 0 bridgehead atoms. The maximum Gasteiger partial charge on any atom is 0.226 e. The second-order valence-electron chi connectivity index (χ2n) is 6.93. The summed E-state index contributed by atoms with van der Waals surface area (Å²) in [6.45, 7) is 3.55. The number of nitrogens with zero attached hydrogens (tertiary/aromatic N) is 3. The van der Waals surface area contributed by atoms with Crippen molar-refractivity contribution < 1.29 is 17.9 Å². The summed E-state index contributed by atoms with van der Waals surface area (Å²) < 4.78 is 32.4. The second-order valence-corrected chi connectivity index (χ2v) is 8.76. The van der Waals surface area contributed by atoms with Gasteiger partial charge in [-0.05, 0) is 31.2 Å². The van der Waals surface area contributed by atoms with Crippen LogP contribution in [0.3, 0.4) is 0 Å². The standard InChI is InChI=1S/C16H26N4O4S/c1-25(22,23)18-7-2-13-10-19(12-15-3-6-17-20(15)11-13)16(21)14-4-8-24-9-5-14/h3,6,13-14,18H,2,4-5,7-12H2,1H3/t13-/m0/s1. The van der Waals surface area contributed by atoms with E-state index in [2.05, 4.69) is 9.82 Å². The van der Waals surface area contributed by atoms with Crippen LogP contribution in [0.1, 0.15) is 25.0 Å². The first-order chi connectivity index (χ1) is 11.9. The first kappa shape index (κ1) is 18.3. The van der Waals surface area contributed by atoms with Crippen molar-refractivity contribution >= 4 is 15.9 Å². The van der Waals surface area contributed by atoms with E-state index in [1.807, 2.05) is 15.6 Å². The summed E-state index contributed by atoms with van der Waals surface area (Å²) in [5, 5.41) is 4.35. The lowest BCUT2D eigenvalue weighted by Crippen LogP contribution is -2.40. The van der Waals surface area contributed by atoms with Gasteiger partial charge in [0.25, 0.3) is 0 Å². The molecule has 3 rings (SSSR count). The molecule has 1 fully saturated rings. The predicted molar refractivity (Wildman–Crippen MR) is 92.1 cm³/mol. The van der Waals surface area contributed by atoms with Crippen LogP contribution >= 0.6 is 0 Å². The number of amides is 1. The third kappa shape index (κ3) is 5.02. The summed E-state index contributed by atoms with van der Waals surface area (Å²) in [5.41, 5.74) is 1.03. The predicted octanol–water partition coefficient (Wildman–Crippen LogP) is 0.207. The fraction of sp³-hybridized carbons (Fsp3) is 0.750. The van der Waals surface area contributed by atoms with Crippen LogP contribution in [0, 0.1) is 11.8 Å². The number of hydrogen-bond acceptors (Lipinski definition) is 5. The van der Waals surface area contributed by atoms with E-state index in [-0.39, 0.29) is 17.7 Å². The number of hydrogen-bond donors (Lipinski definition) is 1. The van der Waals surface area contributed by atoms with Gasteiger partial charge < -0.3 is 9.64 Å². The summed E-state index contributed by atoms with van der Waals surface area (Å²) in [5.74, 6) is 0.372. The van der Waals surface area contributed by atoms with Crippen LogP contribution in [0.25, 0.3) is 0 Å². The van der Waals surface area contributed by atoms with Gasteiger partial charge in [-0.2, -0.15) is 5.10 Å². The lowest BCUT2D eigenvalue weighted by Gasteiger charge is -2.30. The number of fused-ring (bicyclic) bond motifs is 1. The molecule has 0 spiro atoms. The Kier molecular flexibility index (Phi) is 5.75. The minimum absolute atomic E-state index is 0.0259. The SMILES string of the molecule is CS(=O)(=O)NCC[C@H]1CN(C(=O)C2CCOCC2)Cc2ccnn2C1. The number of carbonyl (C=O) groups excluding carboxylic acids is 1. The van der Waals surface area contributed by atoms with Crippen molar-refractivity contribution in [3.8, 4) is 0 Å². The van der Waals surface area contributed by atoms with Gasteiger partial charge in [0.15, 0.2) is 0 Å². The Morgan fingerprint density at radius 2 is 2.12 bits per heavy atom. The van der Waals surface area contributed by atoms with Crippen LogP contribution in [0.5, 0.6) is 0 Å². The number of rotatable bonds is 5. The molecule has 0 saturated carbocycles. The average Bonchev–Trinajstić information content (AvgIpc) is 2.92. The Balaban J connectivity index is 1.68. The summed E-state index contributed by atoms with van der Waals surface area (Å²) in [7, 11) is -3.20. The summed E-state index contributed by atoms with van der Waals surface area (Å²) >= 11 is 0. The van der Waals surface area contributed by atoms with E-state index in [0.29, 0.717) is 45.8 Å². The highest BCUT2D eigenvalue weighted by atomic mass is 32.2. The molecular weight excluding hydrogens is 344 g/mol. The molecule has 1 N–H and O–H groups in total. The Labute approximate surface area is 148 Å². The molecule has 1 amide bonds. The third-order valence-electron chi connectivity index (χ3n) is 4.87. The summed E-state index contributed by atoms with van der Waals surface area (Å²) in [4.78, 5) is 14.9. The van der Waals surface area contributed by atoms with Gasteiger partial charge in [0.05, 0.1) is 18.5 Å². The van der Waals surface area contributed by atoms with Gasteiger partial charge in [0, 0.05) is 45.0 Å². The molecule has 2 aliphatic heterocycles. The molecule has 1 aromatic rings. The van der Waals surface area contributed by atoms with Crippen LogP contribution in [0.2, 0.25) is 0 Å². The molecule has 3 heterocycles. The van der Waals surface area contributed by atoms with Gasteiger partial charge >= 0.3 is 0 Å². The van der Waals surface area contributed by atoms with Crippen molar-refractivity contribution in [3.05, 3.63) is 18.0 Å². The van der Waals surface area contributed by atoms with Crippen molar-refractivity contribution in [2.24, 2.45) is 11.8 Å². The molecular formula is C16H26N4O4S. The highest BCUT2D eigenvalue weighted by Crippen LogP contribution is 2.23. The molecule has 0 aromatic carbocycles. The number of carbonyl (C=O) groups is 1. The summed E-state index contributed by atoms with van der Waals surface area (Å²) in [6, 6.07) is 1.95. The van der Waals surface area contributed by atoms with Gasteiger partial charge in [-0.15, -0.1) is 0 Å². The molecule has 1 saturated heterocycles. The molecule has 0 unspecified atom stereocenters. The van der Waals surface area contributed by atoms with Gasteiger partial charge in [-0.3, -0.25) is 9.48 Å². The molecule has 1 aromatic heterocycles. The Morgan fingerprint density at radius 3 is 2.84 bits per heavy atom. The molecule has 1 atom stereocenters. The third-order valence-corrected chi connectivity index (χ3v) is 5.59. The van der Waals surface area contributed by atoms with Crippen molar-refractivity contribution in [3.63, 3.8) is 0 Å². The lowest BCUT2D eigenvalue weighted by molar-refractivity contribution is -0.139. The molecule has 8 nitrogen and oxygen atoms in total. The number of aromatic nitrogens is 2. The summed E-state index contributed by atoms with van der Waals surface area (Å²) in [6.07, 6.45) is 5.13. The van der Waals surface area contributed by atoms with E-state index < -0.39 is 10.0 Å². The van der Waals surface area contributed by atoms with Crippen molar-refractivity contribution in [1.29, 1.82) is 0 Å². The minimum atomic E-state index is -3.20. The molecule has 2 aliphatic rings. The monoisotopic (exact) mass is 370 g/mol. The Bertz CT molecular complexity index is 697. The lowest BCUT2D eigenvalue weighted by atomic mass is 9.97. The molecule has 25 heavy (non-hydrogen) atoms. The molecule has 0 radical (unpaired) electrons. The van der Waals surface area contributed by atoms with E-state index in [0.717, 1.165) is 24.8 Å².